The van der Waals surface area contributed by atoms with E-state index in [4.69, 9.17) is 9.84 Å². The maximum atomic E-state index is 12.7. The Balaban J connectivity index is 1.77. The van der Waals surface area contributed by atoms with Crippen LogP contribution in [-0.2, 0) is 6.54 Å². The number of nitrogens with zero attached hydrogens (tertiary/aromatic N) is 2. The van der Waals surface area contributed by atoms with E-state index >= 15 is 0 Å². The van der Waals surface area contributed by atoms with Gasteiger partial charge in [-0.05, 0) is 42.7 Å². The van der Waals surface area contributed by atoms with Crippen LogP contribution in [0.2, 0.25) is 0 Å². The average molecular weight is 326 g/mol. The molecule has 124 valence electrons. The molecule has 1 aromatic carbocycles. The molecule has 3 rings (SSSR count). The SMILES string of the molecule is COc1ccc(CN(C(=O)c2ccc(C(=O)O)nc2)C2CC2)cc1. The van der Waals surface area contributed by atoms with E-state index in [1.807, 2.05) is 29.2 Å². The van der Waals surface area contributed by atoms with Gasteiger partial charge in [-0.15, -0.1) is 0 Å². The van der Waals surface area contributed by atoms with E-state index in [1.54, 1.807) is 7.11 Å². The molecule has 1 saturated carbocycles. The Morgan fingerprint density at radius 3 is 2.42 bits per heavy atom. The molecule has 0 saturated heterocycles. The Morgan fingerprint density at radius 2 is 1.92 bits per heavy atom. The van der Waals surface area contributed by atoms with Crippen molar-refractivity contribution in [2.75, 3.05) is 7.11 Å². The molecular formula is C18H18N2O4. The molecule has 0 atom stereocenters. The number of ether oxygens (including phenoxy) is 1. The zero-order chi connectivity index (χ0) is 17.1. The highest BCUT2D eigenvalue weighted by atomic mass is 16.5. The number of carbonyl (C=O) groups excluding carboxylic acids is 1. The fraction of sp³-hybridized carbons (Fsp3) is 0.278. The number of hydrogen-bond donors (Lipinski definition) is 1. The second kappa shape index (κ2) is 6.70. The smallest absolute Gasteiger partial charge is 0.354 e. The Bertz CT molecular complexity index is 737. The summed E-state index contributed by atoms with van der Waals surface area (Å²) in [5.41, 5.74) is 1.35. The number of carboxylic acid groups (broad SMARTS) is 1. The van der Waals surface area contributed by atoms with Gasteiger partial charge in [0.2, 0.25) is 0 Å². The van der Waals surface area contributed by atoms with Crippen molar-refractivity contribution in [3.63, 3.8) is 0 Å². The van der Waals surface area contributed by atoms with E-state index < -0.39 is 5.97 Å². The van der Waals surface area contributed by atoms with Gasteiger partial charge in [-0.25, -0.2) is 9.78 Å². The number of pyridine rings is 1. The molecule has 6 heteroatoms. The number of carbonyl (C=O) groups is 2. The highest BCUT2D eigenvalue weighted by molar-refractivity contribution is 5.95. The van der Waals surface area contributed by atoms with Gasteiger partial charge >= 0.3 is 5.97 Å². The van der Waals surface area contributed by atoms with Crippen LogP contribution >= 0.6 is 0 Å². The van der Waals surface area contributed by atoms with Gasteiger partial charge in [-0.3, -0.25) is 4.79 Å². The number of aromatic carboxylic acids is 1. The lowest BCUT2D eigenvalue weighted by atomic mass is 10.1. The molecule has 0 radical (unpaired) electrons. The minimum Gasteiger partial charge on any atom is -0.497 e. The Kier molecular flexibility index (Phi) is 4.46. The second-order valence-corrected chi connectivity index (χ2v) is 5.75. The van der Waals surface area contributed by atoms with E-state index in [0.717, 1.165) is 24.2 Å². The summed E-state index contributed by atoms with van der Waals surface area (Å²) in [6.07, 6.45) is 3.31. The largest absolute Gasteiger partial charge is 0.497 e. The second-order valence-electron chi connectivity index (χ2n) is 5.75. The lowest BCUT2D eigenvalue weighted by molar-refractivity contribution is 0.0685. The number of carboxylic acids is 1. The maximum absolute atomic E-state index is 12.7. The van der Waals surface area contributed by atoms with Crippen LogP contribution in [0.1, 0.15) is 39.3 Å². The van der Waals surface area contributed by atoms with E-state index in [-0.39, 0.29) is 17.6 Å². The van der Waals surface area contributed by atoms with Gasteiger partial charge in [0.25, 0.3) is 5.91 Å². The van der Waals surface area contributed by atoms with Gasteiger partial charge in [-0.2, -0.15) is 0 Å². The van der Waals surface area contributed by atoms with Crippen LogP contribution in [0, 0.1) is 0 Å². The number of benzene rings is 1. The third-order valence-corrected chi connectivity index (χ3v) is 3.99. The lowest BCUT2D eigenvalue weighted by Gasteiger charge is -2.22. The van der Waals surface area contributed by atoms with Crippen molar-refractivity contribution in [1.29, 1.82) is 0 Å². The van der Waals surface area contributed by atoms with Gasteiger partial charge in [0.1, 0.15) is 11.4 Å². The predicted octanol–water partition coefficient (Wildman–Crippen LogP) is 2.59. The summed E-state index contributed by atoms with van der Waals surface area (Å²) in [6.45, 7) is 0.508. The average Bonchev–Trinajstić information content (AvgIpc) is 3.44. The third-order valence-electron chi connectivity index (χ3n) is 3.99. The highest BCUT2D eigenvalue weighted by Crippen LogP contribution is 2.30. The molecule has 1 aliphatic rings. The Labute approximate surface area is 139 Å². The van der Waals surface area contributed by atoms with Crippen LogP contribution in [0.3, 0.4) is 0 Å². The van der Waals surface area contributed by atoms with Crippen LogP contribution < -0.4 is 4.74 Å². The van der Waals surface area contributed by atoms with Crippen LogP contribution in [0.5, 0.6) is 5.75 Å². The Hall–Kier alpha value is -2.89. The van der Waals surface area contributed by atoms with Gasteiger partial charge in [0.05, 0.1) is 12.7 Å². The fourth-order valence-electron chi connectivity index (χ4n) is 2.49. The zero-order valence-corrected chi connectivity index (χ0v) is 13.3. The van der Waals surface area contributed by atoms with Crippen molar-refractivity contribution >= 4 is 11.9 Å². The van der Waals surface area contributed by atoms with Gasteiger partial charge in [-0.1, -0.05) is 12.1 Å². The molecule has 1 amide bonds. The summed E-state index contributed by atoms with van der Waals surface area (Å²) in [4.78, 5) is 29.3. The third kappa shape index (κ3) is 3.53. The summed E-state index contributed by atoms with van der Waals surface area (Å²) in [5.74, 6) is -0.458. The summed E-state index contributed by atoms with van der Waals surface area (Å²) < 4.78 is 5.14. The van der Waals surface area contributed by atoms with Gasteiger partial charge in [0.15, 0.2) is 0 Å². The molecule has 0 spiro atoms. The molecule has 1 aliphatic carbocycles. The van der Waals surface area contributed by atoms with Gasteiger partial charge in [0, 0.05) is 18.8 Å². The van der Waals surface area contributed by atoms with Crippen molar-refractivity contribution in [1.82, 2.24) is 9.88 Å². The van der Waals surface area contributed by atoms with Crippen LogP contribution in [-0.4, -0.2) is 40.0 Å². The fourth-order valence-corrected chi connectivity index (χ4v) is 2.49. The molecule has 0 aliphatic heterocycles. The Morgan fingerprint density at radius 1 is 1.21 bits per heavy atom. The standard InChI is InChI=1S/C18H18N2O4/c1-24-15-7-2-12(3-8-15)11-20(14-5-6-14)17(21)13-4-9-16(18(22)23)19-10-13/h2-4,7-10,14H,5-6,11H2,1H3,(H,22,23). The first-order valence-corrected chi connectivity index (χ1v) is 7.71. The number of amides is 1. The lowest BCUT2D eigenvalue weighted by Crippen LogP contribution is -2.32. The van der Waals surface area contributed by atoms with Crippen molar-refractivity contribution in [2.45, 2.75) is 25.4 Å². The molecule has 1 heterocycles. The molecule has 1 fully saturated rings. The van der Waals surface area contributed by atoms with Crippen LogP contribution in [0.15, 0.2) is 42.6 Å². The number of hydrogen-bond acceptors (Lipinski definition) is 4. The van der Waals surface area contributed by atoms with Crippen molar-refractivity contribution in [2.24, 2.45) is 0 Å². The summed E-state index contributed by atoms with van der Waals surface area (Å²) in [6, 6.07) is 10.7. The van der Waals surface area contributed by atoms with E-state index in [0.29, 0.717) is 12.1 Å². The summed E-state index contributed by atoms with van der Waals surface area (Å²) >= 11 is 0. The molecule has 6 nitrogen and oxygen atoms in total. The van der Waals surface area contributed by atoms with Crippen molar-refractivity contribution < 1.29 is 19.4 Å². The normalized spacial score (nSPS) is 13.4. The quantitative estimate of drug-likeness (QED) is 0.882. The molecule has 1 N–H and O–H groups in total. The molecule has 24 heavy (non-hydrogen) atoms. The highest BCUT2D eigenvalue weighted by Gasteiger charge is 2.33. The zero-order valence-electron chi connectivity index (χ0n) is 13.3. The topological polar surface area (TPSA) is 79.7 Å². The minimum absolute atomic E-state index is 0.0697. The van der Waals surface area contributed by atoms with E-state index in [2.05, 4.69) is 4.98 Å². The van der Waals surface area contributed by atoms with Gasteiger partial charge < -0.3 is 14.7 Å². The molecular weight excluding hydrogens is 308 g/mol. The predicted molar refractivity (Wildman–Crippen MR) is 87.1 cm³/mol. The van der Waals surface area contributed by atoms with Crippen LogP contribution in [0.25, 0.3) is 0 Å². The monoisotopic (exact) mass is 326 g/mol. The van der Waals surface area contributed by atoms with E-state index in [1.165, 1.54) is 18.3 Å². The van der Waals surface area contributed by atoms with Crippen molar-refractivity contribution in [3.8, 4) is 5.75 Å². The summed E-state index contributed by atoms with van der Waals surface area (Å²) in [5, 5.41) is 8.89. The molecule has 2 aromatic rings. The maximum Gasteiger partial charge on any atom is 0.354 e. The van der Waals surface area contributed by atoms with Crippen molar-refractivity contribution in [3.05, 3.63) is 59.4 Å². The number of rotatable bonds is 6. The number of methoxy groups -OCH3 is 1. The number of aromatic nitrogens is 1. The first-order chi connectivity index (χ1) is 11.6. The molecule has 0 bridgehead atoms. The first kappa shape index (κ1) is 16.0. The van der Waals surface area contributed by atoms with E-state index in [9.17, 15) is 9.59 Å². The summed E-state index contributed by atoms with van der Waals surface area (Å²) in [7, 11) is 1.61. The van der Waals surface area contributed by atoms with Crippen LogP contribution in [0.4, 0.5) is 0 Å². The molecule has 0 unspecified atom stereocenters. The molecule has 1 aromatic heterocycles. The minimum atomic E-state index is -1.11. The first-order valence-electron chi connectivity index (χ1n) is 7.71.